The van der Waals surface area contributed by atoms with E-state index in [0.29, 0.717) is 19.6 Å². The van der Waals surface area contributed by atoms with Crippen molar-refractivity contribution in [1.29, 1.82) is 0 Å². The molecule has 19 heavy (non-hydrogen) atoms. The highest BCUT2D eigenvalue weighted by atomic mass is 16.4. The maximum absolute atomic E-state index is 10.8. The minimum absolute atomic E-state index is 0.0773. The van der Waals surface area contributed by atoms with E-state index >= 15 is 0 Å². The van der Waals surface area contributed by atoms with E-state index in [9.17, 15) is 9.59 Å². The number of anilines is 1. The second-order valence-electron chi connectivity index (χ2n) is 4.45. The number of rotatable bonds is 7. The van der Waals surface area contributed by atoms with Gasteiger partial charge in [0.1, 0.15) is 0 Å². The standard InChI is InChI=1S/C14H20N2O3/c1-11-3-5-13(6-4-11)16(9-7-14(18)19)10-8-15-12(2)17/h3-6H,7-10H2,1-2H3,(H,15,17)(H,18,19). The van der Waals surface area contributed by atoms with Gasteiger partial charge in [0, 0.05) is 32.2 Å². The lowest BCUT2D eigenvalue weighted by molar-refractivity contribution is -0.136. The average molecular weight is 264 g/mol. The van der Waals surface area contributed by atoms with E-state index in [1.807, 2.05) is 36.1 Å². The number of hydrogen-bond acceptors (Lipinski definition) is 3. The Labute approximate surface area is 113 Å². The van der Waals surface area contributed by atoms with Crippen LogP contribution in [0.5, 0.6) is 0 Å². The number of amides is 1. The maximum Gasteiger partial charge on any atom is 0.305 e. The third-order valence-corrected chi connectivity index (χ3v) is 2.75. The second-order valence-corrected chi connectivity index (χ2v) is 4.45. The van der Waals surface area contributed by atoms with E-state index in [1.54, 1.807) is 0 Å². The number of carboxylic acid groups (broad SMARTS) is 1. The molecule has 0 bridgehead atoms. The van der Waals surface area contributed by atoms with E-state index in [-0.39, 0.29) is 12.3 Å². The summed E-state index contributed by atoms with van der Waals surface area (Å²) in [6, 6.07) is 7.90. The molecular weight excluding hydrogens is 244 g/mol. The zero-order valence-electron chi connectivity index (χ0n) is 11.3. The van der Waals surface area contributed by atoms with Gasteiger partial charge in [0.25, 0.3) is 0 Å². The summed E-state index contributed by atoms with van der Waals surface area (Å²) >= 11 is 0. The van der Waals surface area contributed by atoms with Crippen LogP contribution in [0.3, 0.4) is 0 Å². The fourth-order valence-corrected chi connectivity index (χ4v) is 1.72. The molecule has 0 saturated carbocycles. The van der Waals surface area contributed by atoms with E-state index in [0.717, 1.165) is 11.3 Å². The number of aliphatic carboxylic acids is 1. The number of carboxylic acids is 1. The zero-order valence-corrected chi connectivity index (χ0v) is 11.3. The van der Waals surface area contributed by atoms with E-state index in [1.165, 1.54) is 6.92 Å². The predicted octanol–water partition coefficient (Wildman–Crippen LogP) is 1.41. The normalized spacial score (nSPS) is 10.0. The fraction of sp³-hybridized carbons (Fsp3) is 0.429. The van der Waals surface area contributed by atoms with E-state index in [2.05, 4.69) is 5.32 Å². The van der Waals surface area contributed by atoms with Gasteiger partial charge in [-0.15, -0.1) is 0 Å². The first-order chi connectivity index (χ1) is 8.99. The molecule has 0 aliphatic carbocycles. The Kier molecular flexibility index (Phi) is 5.85. The van der Waals surface area contributed by atoms with Gasteiger partial charge in [-0.3, -0.25) is 9.59 Å². The number of carbonyl (C=O) groups excluding carboxylic acids is 1. The Morgan fingerprint density at radius 2 is 1.84 bits per heavy atom. The molecule has 1 aromatic rings. The van der Waals surface area contributed by atoms with Gasteiger partial charge >= 0.3 is 5.97 Å². The highest BCUT2D eigenvalue weighted by Crippen LogP contribution is 2.15. The number of nitrogens with zero attached hydrogens (tertiary/aromatic N) is 1. The van der Waals surface area contributed by atoms with Crippen LogP contribution in [0.25, 0.3) is 0 Å². The van der Waals surface area contributed by atoms with Crippen molar-refractivity contribution >= 4 is 17.6 Å². The molecule has 1 aromatic carbocycles. The second kappa shape index (κ2) is 7.41. The summed E-state index contributed by atoms with van der Waals surface area (Å²) in [6.45, 7) is 4.99. The third kappa shape index (κ3) is 5.90. The molecule has 0 spiro atoms. The molecule has 0 aliphatic rings. The van der Waals surface area contributed by atoms with Crippen LogP contribution >= 0.6 is 0 Å². The van der Waals surface area contributed by atoms with Crippen LogP contribution in [0.1, 0.15) is 18.9 Å². The molecule has 104 valence electrons. The smallest absolute Gasteiger partial charge is 0.305 e. The summed E-state index contributed by atoms with van der Waals surface area (Å²) < 4.78 is 0. The molecule has 0 aliphatic heterocycles. The fourth-order valence-electron chi connectivity index (χ4n) is 1.72. The van der Waals surface area contributed by atoms with Crippen LogP contribution in [0.2, 0.25) is 0 Å². The molecule has 0 atom stereocenters. The lowest BCUT2D eigenvalue weighted by Gasteiger charge is -2.24. The molecule has 1 amide bonds. The van der Waals surface area contributed by atoms with Crippen LogP contribution < -0.4 is 10.2 Å². The Balaban J connectivity index is 2.64. The SMILES string of the molecule is CC(=O)NCCN(CCC(=O)O)c1ccc(C)cc1. The van der Waals surface area contributed by atoms with Crippen LogP contribution in [0.15, 0.2) is 24.3 Å². The van der Waals surface area contributed by atoms with Gasteiger partial charge in [0.2, 0.25) is 5.91 Å². The number of aryl methyl sites for hydroxylation is 1. The van der Waals surface area contributed by atoms with Crippen LogP contribution in [-0.2, 0) is 9.59 Å². The van der Waals surface area contributed by atoms with E-state index < -0.39 is 5.97 Å². The van der Waals surface area contributed by atoms with Gasteiger partial charge in [-0.2, -0.15) is 0 Å². The van der Waals surface area contributed by atoms with Crippen molar-refractivity contribution in [3.8, 4) is 0 Å². The molecule has 0 unspecified atom stereocenters. The van der Waals surface area contributed by atoms with Crippen molar-refractivity contribution in [2.75, 3.05) is 24.5 Å². The summed E-state index contributed by atoms with van der Waals surface area (Å²) in [6.07, 6.45) is 0.0773. The van der Waals surface area contributed by atoms with Gasteiger partial charge in [-0.1, -0.05) is 17.7 Å². The summed E-state index contributed by atoms with van der Waals surface area (Å²) in [4.78, 5) is 23.5. The Morgan fingerprint density at radius 3 is 2.37 bits per heavy atom. The predicted molar refractivity (Wildman–Crippen MR) is 74.3 cm³/mol. The summed E-state index contributed by atoms with van der Waals surface area (Å²) in [5.41, 5.74) is 2.13. The van der Waals surface area contributed by atoms with Gasteiger partial charge in [-0.25, -0.2) is 0 Å². The molecule has 2 N–H and O–H groups in total. The first kappa shape index (κ1) is 15.0. The van der Waals surface area contributed by atoms with Crippen molar-refractivity contribution in [1.82, 2.24) is 5.32 Å². The van der Waals surface area contributed by atoms with Crippen molar-refractivity contribution in [2.24, 2.45) is 0 Å². The number of nitrogens with one attached hydrogen (secondary N) is 1. The highest BCUT2D eigenvalue weighted by Gasteiger charge is 2.08. The van der Waals surface area contributed by atoms with Crippen LogP contribution in [0.4, 0.5) is 5.69 Å². The van der Waals surface area contributed by atoms with Gasteiger partial charge in [-0.05, 0) is 19.1 Å². The minimum atomic E-state index is -0.823. The molecule has 0 heterocycles. The van der Waals surface area contributed by atoms with Gasteiger partial charge in [0.15, 0.2) is 0 Å². The van der Waals surface area contributed by atoms with Crippen molar-refractivity contribution in [3.05, 3.63) is 29.8 Å². The Hall–Kier alpha value is -2.04. The molecule has 5 nitrogen and oxygen atoms in total. The number of benzene rings is 1. The van der Waals surface area contributed by atoms with E-state index in [4.69, 9.17) is 5.11 Å². The summed E-state index contributed by atoms with van der Waals surface area (Å²) in [7, 11) is 0. The first-order valence-electron chi connectivity index (χ1n) is 6.27. The topological polar surface area (TPSA) is 69.6 Å². The molecule has 0 saturated heterocycles. The summed E-state index contributed by atoms with van der Waals surface area (Å²) in [5, 5.41) is 11.5. The quantitative estimate of drug-likeness (QED) is 0.781. The molecule has 5 heteroatoms. The molecular formula is C14H20N2O3. The van der Waals surface area contributed by atoms with Crippen molar-refractivity contribution < 1.29 is 14.7 Å². The van der Waals surface area contributed by atoms with Gasteiger partial charge < -0.3 is 15.3 Å². The Morgan fingerprint density at radius 1 is 1.21 bits per heavy atom. The largest absolute Gasteiger partial charge is 0.481 e. The van der Waals surface area contributed by atoms with Crippen molar-refractivity contribution in [3.63, 3.8) is 0 Å². The van der Waals surface area contributed by atoms with Crippen LogP contribution in [0, 0.1) is 6.92 Å². The number of hydrogen-bond donors (Lipinski definition) is 2. The Bertz CT molecular complexity index is 429. The lowest BCUT2D eigenvalue weighted by atomic mass is 10.2. The lowest BCUT2D eigenvalue weighted by Crippen LogP contribution is -2.35. The average Bonchev–Trinajstić information content (AvgIpc) is 2.34. The molecule has 0 radical (unpaired) electrons. The summed E-state index contributed by atoms with van der Waals surface area (Å²) in [5.74, 6) is -0.904. The van der Waals surface area contributed by atoms with Crippen LogP contribution in [-0.4, -0.2) is 36.6 Å². The van der Waals surface area contributed by atoms with Crippen molar-refractivity contribution in [2.45, 2.75) is 20.3 Å². The highest BCUT2D eigenvalue weighted by molar-refractivity contribution is 5.72. The molecule has 0 aromatic heterocycles. The number of carbonyl (C=O) groups is 2. The molecule has 0 fully saturated rings. The monoisotopic (exact) mass is 264 g/mol. The minimum Gasteiger partial charge on any atom is -0.481 e. The van der Waals surface area contributed by atoms with Gasteiger partial charge in [0.05, 0.1) is 6.42 Å². The third-order valence-electron chi connectivity index (χ3n) is 2.75. The maximum atomic E-state index is 10.8. The first-order valence-corrected chi connectivity index (χ1v) is 6.27. The zero-order chi connectivity index (χ0) is 14.3. The molecule has 1 rings (SSSR count).